The summed E-state index contributed by atoms with van der Waals surface area (Å²) in [5, 5.41) is 10.2. The van der Waals surface area contributed by atoms with Crippen molar-refractivity contribution in [2.24, 2.45) is 0 Å². The van der Waals surface area contributed by atoms with Gasteiger partial charge in [-0.2, -0.15) is 16.9 Å². The molecule has 2 aromatic rings. The Kier molecular flexibility index (Phi) is 5.40. The number of nitrogens with one attached hydrogen (secondary N) is 2. The number of carbonyl (C=O) groups excluding carboxylic acids is 1. The second kappa shape index (κ2) is 7.70. The van der Waals surface area contributed by atoms with Crippen LogP contribution in [0.25, 0.3) is 0 Å². The largest absolute Gasteiger partial charge is 0.337 e. The van der Waals surface area contributed by atoms with Crippen LogP contribution in [0.2, 0.25) is 0 Å². The molecule has 6 nitrogen and oxygen atoms in total. The highest BCUT2D eigenvalue weighted by molar-refractivity contribution is 8.00. The predicted molar refractivity (Wildman–Crippen MR) is 95.8 cm³/mol. The normalized spacial score (nSPS) is 21.4. The van der Waals surface area contributed by atoms with Crippen LogP contribution in [-0.2, 0) is 6.54 Å². The van der Waals surface area contributed by atoms with E-state index < -0.39 is 0 Å². The van der Waals surface area contributed by atoms with Gasteiger partial charge in [-0.25, -0.2) is 9.78 Å². The fourth-order valence-electron chi connectivity index (χ4n) is 2.89. The van der Waals surface area contributed by atoms with Gasteiger partial charge >= 0.3 is 6.03 Å². The van der Waals surface area contributed by atoms with Crippen molar-refractivity contribution in [3.05, 3.63) is 48.5 Å². The van der Waals surface area contributed by atoms with Crippen LogP contribution >= 0.6 is 11.8 Å². The first kappa shape index (κ1) is 16.8. The van der Waals surface area contributed by atoms with E-state index in [4.69, 9.17) is 0 Å². The van der Waals surface area contributed by atoms with Gasteiger partial charge in [0.1, 0.15) is 12.7 Å². The van der Waals surface area contributed by atoms with Crippen molar-refractivity contribution in [3.8, 4) is 0 Å². The zero-order chi connectivity index (χ0) is 16.8. The number of hydrogen-bond acceptors (Lipinski definition) is 4. The number of amides is 2. The molecule has 2 heterocycles. The van der Waals surface area contributed by atoms with Gasteiger partial charge in [-0.15, -0.1) is 0 Å². The molecule has 128 valence electrons. The Morgan fingerprint density at radius 3 is 2.92 bits per heavy atom. The number of urea groups is 1. The molecule has 0 spiro atoms. The first-order chi connectivity index (χ1) is 11.6. The first-order valence-electron chi connectivity index (χ1n) is 8.20. The third kappa shape index (κ3) is 4.50. The lowest BCUT2D eigenvalue weighted by Gasteiger charge is -2.25. The van der Waals surface area contributed by atoms with E-state index in [0.29, 0.717) is 13.1 Å². The van der Waals surface area contributed by atoms with Gasteiger partial charge in [0.25, 0.3) is 0 Å². The Hall–Kier alpha value is -2.02. The molecule has 1 fully saturated rings. The van der Waals surface area contributed by atoms with Crippen LogP contribution in [0, 0.1) is 0 Å². The van der Waals surface area contributed by atoms with Gasteiger partial charge in [0, 0.05) is 11.3 Å². The van der Waals surface area contributed by atoms with Crippen LogP contribution < -0.4 is 10.6 Å². The van der Waals surface area contributed by atoms with E-state index in [-0.39, 0.29) is 16.8 Å². The summed E-state index contributed by atoms with van der Waals surface area (Å²) in [6.45, 7) is 3.45. The molecule has 1 aliphatic rings. The standard InChI is InChI=1S/C17H23N5OS/c1-17(8-5-9-24-17)11-19-16(23)21-15(10-22-13-18-12-20-22)14-6-3-2-4-7-14/h2-4,6-7,12-13,15H,5,8-11H2,1H3,(H2,19,21,23)/t15-,17+/m0/s1. The third-order valence-corrected chi connectivity index (χ3v) is 5.81. The van der Waals surface area contributed by atoms with E-state index in [0.717, 1.165) is 12.0 Å². The lowest BCUT2D eigenvalue weighted by molar-refractivity contribution is 0.234. The number of carbonyl (C=O) groups is 1. The fraction of sp³-hybridized carbons (Fsp3) is 0.471. The van der Waals surface area contributed by atoms with E-state index in [1.807, 2.05) is 42.1 Å². The van der Waals surface area contributed by atoms with Crippen molar-refractivity contribution in [2.75, 3.05) is 12.3 Å². The molecule has 7 heteroatoms. The van der Waals surface area contributed by atoms with Gasteiger partial charge in [-0.1, -0.05) is 30.3 Å². The number of benzene rings is 1. The summed E-state index contributed by atoms with van der Waals surface area (Å²) in [5.74, 6) is 1.18. The molecule has 24 heavy (non-hydrogen) atoms. The Morgan fingerprint density at radius 2 is 2.25 bits per heavy atom. The number of rotatable bonds is 6. The van der Waals surface area contributed by atoms with Crippen molar-refractivity contribution in [2.45, 2.75) is 37.1 Å². The summed E-state index contributed by atoms with van der Waals surface area (Å²) in [4.78, 5) is 16.3. The lowest BCUT2D eigenvalue weighted by Crippen LogP contribution is -2.44. The van der Waals surface area contributed by atoms with Gasteiger partial charge < -0.3 is 10.6 Å². The van der Waals surface area contributed by atoms with Gasteiger partial charge in [-0.3, -0.25) is 4.68 Å². The first-order valence-corrected chi connectivity index (χ1v) is 9.19. The minimum Gasteiger partial charge on any atom is -0.337 e. The molecule has 2 N–H and O–H groups in total. The maximum absolute atomic E-state index is 12.4. The molecule has 2 atom stereocenters. The van der Waals surface area contributed by atoms with E-state index in [1.54, 1.807) is 11.0 Å². The Labute approximate surface area is 146 Å². The molecule has 0 saturated carbocycles. The summed E-state index contributed by atoms with van der Waals surface area (Å²) >= 11 is 1.94. The van der Waals surface area contributed by atoms with E-state index >= 15 is 0 Å². The molecule has 1 aliphatic heterocycles. The molecule has 0 radical (unpaired) electrons. The zero-order valence-corrected chi connectivity index (χ0v) is 14.6. The van der Waals surface area contributed by atoms with Crippen LogP contribution in [0.4, 0.5) is 4.79 Å². The highest BCUT2D eigenvalue weighted by Gasteiger charge is 2.30. The Balaban J connectivity index is 1.61. The molecule has 0 unspecified atom stereocenters. The molecule has 1 aromatic heterocycles. The quantitative estimate of drug-likeness (QED) is 0.844. The van der Waals surface area contributed by atoms with Crippen LogP contribution in [0.15, 0.2) is 43.0 Å². The van der Waals surface area contributed by atoms with Gasteiger partial charge in [0.15, 0.2) is 0 Å². The number of hydrogen-bond donors (Lipinski definition) is 2. The van der Waals surface area contributed by atoms with Crippen LogP contribution in [-0.4, -0.2) is 37.8 Å². The van der Waals surface area contributed by atoms with Crippen molar-refractivity contribution >= 4 is 17.8 Å². The molecule has 0 bridgehead atoms. The number of nitrogens with zero attached hydrogens (tertiary/aromatic N) is 3. The minimum atomic E-state index is -0.156. The van der Waals surface area contributed by atoms with E-state index in [9.17, 15) is 4.79 Å². The Bertz CT molecular complexity index is 640. The van der Waals surface area contributed by atoms with Crippen LogP contribution in [0.5, 0.6) is 0 Å². The highest BCUT2D eigenvalue weighted by atomic mass is 32.2. The molecule has 2 amide bonds. The van der Waals surface area contributed by atoms with E-state index in [2.05, 4.69) is 27.6 Å². The van der Waals surface area contributed by atoms with E-state index in [1.165, 1.54) is 18.5 Å². The molecular formula is C17H23N5OS. The summed E-state index contributed by atoms with van der Waals surface area (Å²) in [6.07, 6.45) is 5.54. The highest BCUT2D eigenvalue weighted by Crippen LogP contribution is 2.36. The molecule has 0 aliphatic carbocycles. The number of aromatic nitrogens is 3. The summed E-state index contributed by atoms with van der Waals surface area (Å²) in [6, 6.07) is 9.63. The summed E-state index contributed by atoms with van der Waals surface area (Å²) in [7, 11) is 0. The summed E-state index contributed by atoms with van der Waals surface area (Å²) < 4.78 is 1.89. The zero-order valence-electron chi connectivity index (χ0n) is 13.8. The van der Waals surface area contributed by atoms with Crippen molar-refractivity contribution < 1.29 is 4.79 Å². The second-order valence-electron chi connectivity index (χ2n) is 6.31. The van der Waals surface area contributed by atoms with Gasteiger partial charge in [0.05, 0.1) is 12.6 Å². The molecular weight excluding hydrogens is 322 g/mol. The topological polar surface area (TPSA) is 71.8 Å². The maximum atomic E-state index is 12.4. The smallest absolute Gasteiger partial charge is 0.315 e. The average Bonchev–Trinajstić information content (AvgIpc) is 3.26. The lowest BCUT2D eigenvalue weighted by atomic mass is 10.1. The molecule has 1 saturated heterocycles. The van der Waals surface area contributed by atoms with Gasteiger partial charge in [-0.05, 0) is 31.1 Å². The number of thioether (sulfide) groups is 1. The van der Waals surface area contributed by atoms with Crippen LogP contribution in [0.1, 0.15) is 31.4 Å². The third-order valence-electron chi connectivity index (χ3n) is 4.27. The van der Waals surface area contributed by atoms with Crippen molar-refractivity contribution in [3.63, 3.8) is 0 Å². The molecule has 3 rings (SSSR count). The Morgan fingerprint density at radius 1 is 1.42 bits per heavy atom. The molecule has 1 aromatic carbocycles. The average molecular weight is 345 g/mol. The van der Waals surface area contributed by atoms with Gasteiger partial charge in [0.2, 0.25) is 0 Å². The SMILES string of the molecule is C[C@]1(CNC(=O)N[C@@H](Cn2cncn2)c2ccccc2)CCCS1. The fourth-order valence-corrected chi connectivity index (χ4v) is 4.13. The predicted octanol–water partition coefficient (Wildman–Crippen LogP) is 2.60. The van der Waals surface area contributed by atoms with Crippen molar-refractivity contribution in [1.29, 1.82) is 0 Å². The van der Waals surface area contributed by atoms with Crippen molar-refractivity contribution in [1.82, 2.24) is 25.4 Å². The monoisotopic (exact) mass is 345 g/mol. The maximum Gasteiger partial charge on any atom is 0.315 e. The second-order valence-corrected chi connectivity index (χ2v) is 7.99. The minimum absolute atomic E-state index is 0.141. The summed E-state index contributed by atoms with van der Waals surface area (Å²) in [5.41, 5.74) is 1.05. The van der Waals surface area contributed by atoms with Crippen LogP contribution in [0.3, 0.4) is 0 Å².